The van der Waals surface area contributed by atoms with Crippen molar-refractivity contribution in [3.05, 3.63) is 113 Å². The molecule has 1 amide bonds. The summed E-state index contributed by atoms with van der Waals surface area (Å²) >= 11 is 0. The van der Waals surface area contributed by atoms with Crippen LogP contribution in [-0.2, 0) is 20.3 Å². The molecule has 0 aromatic heterocycles. The molecule has 1 aliphatic carbocycles. The number of nitrogens with one attached hydrogen (secondary N) is 1. The highest BCUT2D eigenvalue weighted by Crippen LogP contribution is 2.52. The van der Waals surface area contributed by atoms with Crippen molar-refractivity contribution in [3.63, 3.8) is 0 Å². The van der Waals surface area contributed by atoms with Crippen LogP contribution in [-0.4, -0.2) is 37.2 Å². The van der Waals surface area contributed by atoms with Crippen molar-refractivity contribution in [3.8, 4) is 22.3 Å². The molecule has 0 bridgehead atoms. The number of amides is 1. The molecule has 2 aliphatic rings. The van der Waals surface area contributed by atoms with Crippen LogP contribution in [0.2, 0.25) is 0 Å². The van der Waals surface area contributed by atoms with Gasteiger partial charge in [-0.2, -0.15) is 13.2 Å². The molecule has 6 rings (SSSR count). The van der Waals surface area contributed by atoms with Gasteiger partial charge in [0.25, 0.3) is 0 Å². The maximum Gasteiger partial charge on any atom is 0.405 e. The molecule has 6 nitrogen and oxygen atoms in total. The first-order valence-corrected chi connectivity index (χ1v) is 16.5. The lowest BCUT2D eigenvalue weighted by atomic mass is 9.86. The number of hydrogen-bond donors (Lipinski definition) is 2. The lowest BCUT2D eigenvalue weighted by Gasteiger charge is -2.31. The molecule has 0 saturated carbocycles. The number of ketones is 1. The highest BCUT2D eigenvalue weighted by atomic mass is 31.2. The summed E-state index contributed by atoms with van der Waals surface area (Å²) < 4.78 is 52.1. The predicted molar refractivity (Wildman–Crippen MR) is 173 cm³/mol. The van der Waals surface area contributed by atoms with Crippen molar-refractivity contribution >= 4 is 25.4 Å². The molecule has 46 heavy (non-hydrogen) atoms. The van der Waals surface area contributed by atoms with Gasteiger partial charge < -0.3 is 20.1 Å². The van der Waals surface area contributed by atoms with Gasteiger partial charge in [-0.05, 0) is 57.9 Å². The Morgan fingerprint density at radius 2 is 1.63 bits per heavy atom. The van der Waals surface area contributed by atoms with Crippen molar-refractivity contribution < 1.29 is 31.8 Å². The number of fused-ring (bicyclic) bond motifs is 3. The number of rotatable bonds is 9. The zero-order valence-corrected chi connectivity index (χ0v) is 26.2. The summed E-state index contributed by atoms with van der Waals surface area (Å²) in [4.78, 5) is 28.5. The van der Waals surface area contributed by atoms with Crippen molar-refractivity contribution in [1.82, 2.24) is 5.32 Å². The van der Waals surface area contributed by atoms with Gasteiger partial charge in [-0.1, -0.05) is 92.2 Å². The summed E-state index contributed by atoms with van der Waals surface area (Å²) in [6.45, 7) is 0.904. The van der Waals surface area contributed by atoms with Crippen molar-refractivity contribution in [1.29, 1.82) is 0 Å². The number of halogens is 3. The summed E-state index contributed by atoms with van der Waals surface area (Å²) in [5.74, 6) is -2.00. The Morgan fingerprint density at radius 3 is 2.35 bits per heavy atom. The van der Waals surface area contributed by atoms with Crippen molar-refractivity contribution in [2.75, 3.05) is 13.2 Å². The monoisotopic (exact) mass is 646 g/mol. The van der Waals surface area contributed by atoms with Gasteiger partial charge in [0.1, 0.15) is 12.8 Å². The van der Waals surface area contributed by atoms with E-state index in [0.29, 0.717) is 70.1 Å². The summed E-state index contributed by atoms with van der Waals surface area (Å²) in [7, 11) is -1.86. The maximum absolute atomic E-state index is 14.8. The lowest BCUT2D eigenvalue weighted by molar-refractivity contribution is -0.138. The third-order valence-electron chi connectivity index (χ3n) is 8.33. The Bertz CT molecular complexity index is 1760. The molecule has 1 heterocycles. The minimum Gasteiger partial charge on any atom is -0.346 e. The quantitative estimate of drug-likeness (QED) is 0.146. The molecule has 4 aromatic carbocycles. The molecule has 3 atom stereocenters. The highest BCUT2D eigenvalue weighted by molar-refractivity contribution is 7.56. The minimum absolute atomic E-state index is 0.244. The molecule has 3 N–H and O–H groups in total. The van der Waals surface area contributed by atoms with Gasteiger partial charge in [0, 0.05) is 22.9 Å². The highest BCUT2D eigenvalue weighted by Gasteiger charge is 2.42. The smallest absolute Gasteiger partial charge is 0.346 e. The van der Waals surface area contributed by atoms with E-state index in [2.05, 4.69) is 5.32 Å². The summed E-state index contributed by atoms with van der Waals surface area (Å²) in [6, 6.07) is 26.0. The molecular formula is C36H34F3N2O4P. The Labute approximate surface area is 267 Å². The maximum atomic E-state index is 14.8. The fourth-order valence-electron chi connectivity index (χ4n) is 6.27. The standard InChI is InChI=1S/C36H34F3N2O4P/c1-2-3-13-27-31-28(24-15-8-9-16-25(24)32(31)35(43)41-21-36(37,38)39)20-29(34(27)46-44-19-18-30(40)45-46)33(42)26-17-10-7-14-23(26)22-11-5-4-6-12-22/h4-12,14-17,20,30,32H,2-3,13,18-19,21,40H2,1H3,(H,41,43). The third-order valence-corrected chi connectivity index (χ3v) is 10.1. The molecule has 0 spiro atoms. The van der Waals surface area contributed by atoms with Gasteiger partial charge in [0.2, 0.25) is 14.3 Å². The topological polar surface area (TPSA) is 90.7 Å². The van der Waals surface area contributed by atoms with Crippen LogP contribution in [0.1, 0.15) is 64.7 Å². The van der Waals surface area contributed by atoms with Crippen LogP contribution >= 0.6 is 8.38 Å². The average Bonchev–Trinajstić information content (AvgIpc) is 3.40. The van der Waals surface area contributed by atoms with E-state index >= 15 is 0 Å². The van der Waals surface area contributed by atoms with Crippen molar-refractivity contribution in [2.24, 2.45) is 5.73 Å². The average molecular weight is 647 g/mol. The van der Waals surface area contributed by atoms with Crippen LogP contribution in [0.4, 0.5) is 13.2 Å². The summed E-state index contributed by atoms with van der Waals surface area (Å²) in [5, 5.41) is 2.65. The first-order valence-electron chi connectivity index (χ1n) is 15.4. The van der Waals surface area contributed by atoms with E-state index in [1.807, 2.05) is 67.6 Å². The summed E-state index contributed by atoms with van der Waals surface area (Å²) in [6.07, 6.45) is -2.73. The van der Waals surface area contributed by atoms with Gasteiger partial charge in [-0.15, -0.1) is 0 Å². The molecule has 10 heteroatoms. The van der Waals surface area contributed by atoms with Crippen LogP contribution < -0.4 is 16.4 Å². The molecule has 238 valence electrons. The van der Waals surface area contributed by atoms with E-state index in [4.69, 9.17) is 14.8 Å². The number of nitrogens with two attached hydrogens (primary N) is 1. The number of carbonyl (C=O) groups excluding carboxylic acids is 2. The molecule has 0 radical (unpaired) electrons. The van der Waals surface area contributed by atoms with Crippen LogP contribution in [0.25, 0.3) is 22.3 Å². The van der Waals surface area contributed by atoms with E-state index in [0.717, 1.165) is 17.5 Å². The van der Waals surface area contributed by atoms with Gasteiger partial charge in [0.15, 0.2) is 5.78 Å². The Kier molecular flexibility index (Phi) is 9.39. The van der Waals surface area contributed by atoms with Gasteiger partial charge in [0.05, 0.1) is 12.5 Å². The zero-order valence-electron chi connectivity index (χ0n) is 25.3. The Morgan fingerprint density at radius 1 is 0.935 bits per heavy atom. The number of alkyl halides is 3. The SMILES string of the molecule is CCCCc1c2c(cc(C(=O)c3ccccc3-c3ccccc3)c1P1OCCC(N)O1)-c1ccccc1C2C(=O)NCC(F)(F)F. The van der Waals surface area contributed by atoms with Gasteiger partial charge in [-0.3, -0.25) is 9.59 Å². The number of unbranched alkanes of at least 4 members (excludes halogenated alkanes) is 1. The largest absolute Gasteiger partial charge is 0.405 e. The zero-order chi connectivity index (χ0) is 32.4. The van der Waals surface area contributed by atoms with E-state index < -0.39 is 39.1 Å². The van der Waals surface area contributed by atoms with Gasteiger partial charge >= 0.3 is 6.18 Å². The first-order chi connectivity index (χ1) is 22.2. The van der Waals surface area contributed by atoms with Gasteiger partial charge in [-0.25, -0.2) is 0 Å². The molecule has 1 fully saturated rings. The Balaban J connectivity index is 1.61. The lowest BCUT2D eigenvalue weighted by Crippen LogP contribution is -2.37. The second kappa shape index (κ2) is 13.5. The fraction of sp³-hybridized carbons (Fsp3) is 0.278. The van der Waals surface area contributed by atoms with Crippen LogP contribution in [0.15, 0.2) is 84.9 Å². The number of benzene rings is 4. The second-order valence-electron chi connectivity index (χ2n) is 11.4. The normalized spacial score (nSPS) is 18.9. The minimum atomic E-state index is -4.57. The summed E-state index contributed by atoms with van der Waals surface area (Å²) in [5.41, 5.74) is 12.0. The van der Waals surface area contributed by atoms with E-state index in [1.54, 1.807) is 24.3 Å². The molecular weight excluding hydrogens is 612 g/mol. The predicted octanol–water partition coefficient (Wildman–Crippen LogP) is 7.38. The number of hydrogen-bond acceptors (Lipinski definition) is 5. The second-order valence-corrected chi connectivity index (χ2v) is 12.9. The van der Waals surface area contributed by atoms with Crippen molar-refractivity contribution in [2.45, 2.75) is 50.9 Å². The molecule has 4 aromatic rings. The van der Waals surface area contributed by atoms with E-state index in [1.165, 1.54) is 0 Å². The molecule has 3 unspecified atom stereocenters. The Hall–Kier alpha value is -3.88. The van der Waals surface area contributed by atoms with Crippen LogP contribution in [0.3, 0.4) is 0 Å². The number of carbonyl (C=O) groups is 2. The first kappa shape index (κ1) is 32.1. The van der Waals surface area contributed by atoms with E-state index in [9.17, 15) is 22.8 Å². The van der Waals surface area contributed by atoms with E-state index in [-0.39, 0.29) is 5.78 Å². The van der Waals surface area contributed by atoms with Crippen LogP contribution in [0.5, 0.6) is 0 Å². The molecule has 1 aliphatic heterocycles. The van der Waals surface area contributed by atoms with Crippen LogP contribution in [0, 0.1) is 0 Å². The third kappa shape index (κ3) is 6.38. The molecule has 1 saturated heterocycles. The fourth-order valence-corrected chi connectivity index (χ4v) is 8.00.